The number of amides is 1. The zero-order chi connectivity index (χ0) is 12.3. The van der Waals surface area contributed by atoms with Gasteiger partial charge in [0.2, 0.25) is 0 Å². The Balaban J connectivity index is 2.08. The number of carbonyl (C=O) groups excluding carboxylic acids is 1. The molecule has 2 aliphatic heterocycles. The maximum Gasteiger partial charge on any atom is 0.258 e. The molecule has 0 radical (unpaired) electrons. The maximum atomic E-state index is 12.5. The van der Waals surface area contributed by atoms with Crippen molar-refractivity contribution in [2.45, 2.75) is 12.5 Å². The summed E-state index contributed by atoms with van der Waals surface area (Å²) < 4.78 is 1.98. The normalized spacial score (nSPS) is 20.6. The summed E-state index contributed by atoms with van der Waals surface area (Å²) in [6.07, 6.45) is 4.57. The summed E-state index contributed by atoms with van der Waals surface area (Å²) in [5, 5.41) is 0.504. The lowest BCUT2D eigenvalue weighted by molar-refractivity contribution is 0.0460. The molecule has 1 aromatic carbocycles. The SMILES string of the molecule is O=C1c2c(Cl)cccc2-n2cncc2[C@@H]2CCN12. The molecule has 1 fully saturated rings. The molecule has 4 rings (SSSR count). The van der Waals surface area contributed by atoms with Gasteiger partial charge in [-0.05, 0) is 18.6 Å². The minimum Gasteiger partial charge on any atom is -0.330 e. The van der Waals surface area contributed by atoms with E-state index < -0.39 is 0 Å². The molecule has 18 heavy (non-hydrogen) atoms. The van der Waals surface area contributed by atoms with Crippen molar-refractivity contribution >= 4 is 17.5 Å². The second-order valence-electron chi connectivity index (χ2n) is 4.63. The number of fused-ring (bicyclic) bond motifs is 5. The lowest BCUT2D eigenvalue weighted by Gasteiger charge is -2.39. The first-order chi connectivity index (χ1) is 8.77. The standard InChI is InChI=1S/C13H10ClN3O/c14-8-2-1-3-10-12(8)13(18)16-5-4-9(16)11-6-15-7-17(10)11/h1-3,6-7,9H,4-5H2/t9-/m0/s1. The van der Waals surface area contributed by atoms with Crippen LogP contribution >= 0.6 is 11.6 Å². The number of hydrogen-bond acceptors (Lipinski definition) is 2. The van der Waals surface area contributed by atoms with Crippen molar-refractivity contribution < 1.29 is 4.79 Å². The van der Waals surface area contributed by atoms with Crippen molar-refractivity contribution in [1.29, 1.82) is 0 Å². The number of imidazole rings is 1. The number of rotatable bonds is 0. The predicted octanol–water partition coefficient (Wildman–Crippen LogP) is 2.43. The number of aromatic nitrogens is 2. The summed E-state index contributed by atoms with van der Waals surface area (Å²) in [6.45, 7) is 0.791. The Morgan fingerprint density at radius 3 is 3.06 bits per heavy atom. The van der Waals surface area contributed by atoms with Gasteiger partial charge in [-0.3, -0.25) is 4.79 Å². The van der Waals surface area contributed by atoms with E-state index >= 15 is 0 Å². The van der Waals surface area contributed by atoms with Gasteiger partial charge >= 0.3 is 0 Å². The molecule has 1 saturated heterocycles. The third kappa shape index (κ3) is 1.11. The zero-order valence-electron chi connectivity index (χ0n) is 9.51. The van der Waals surface area contributed by atoms with Crippen LogP contribution in [-0.4, -0.2) is 26.9 Å². The Kier molecular flexibility index (Phi) is 1.89. The monoisotopic (exact) mass is 259 g/mol. The molecule has 0 aliphatic carbocycles. The Morgan fingerprint density at radius 2 is 2.28 bits per heavy atom. The van der Waals surface area contributed by atoms with E-state index in [1.54, 1.807) is 12.4 Å². The highest BCUT2D eigenvalue weighted by Gasteiger charge is 2.40. The van der Waals surface area contributed by atoms with Gasteiger partial charge in [-0.25, -0.2) is 4.98 Å². The topological polar surface area (TPSA) is 38.1 Å². The minimum atomic E-state index is 0.0237. The van der Waals surface area contributed by atoms with Crippen LogP contribution < -0.4 is 0 Å². The highest BCUT2D eigenvalue weighted by molar-refractivity contribution is 6.34. The fourth-order valence-electron chi connectivity index (χ4n) is 2.76. The van der Waals surface area contributed by atoms with Crippen LogP contribution in [0.4, 0.5) is 0 Å². The average Bonchev–Trinajstić information content (AvgIpc) is 2.73. The van der Waals surface area contributed by atoms with Gasteiger partial charge in [0.25, 0.3) is 5.91 Å². The van der Waals surface area contributed by atoms with Gasteiger partial charge in [0.1, 0.15) is 0 Å². The maximum absolute atomic E-state index is 12.5. The Hall–Kier alpha value is -1.81. The molecule has 1 atom stereocenters. The van der Waals surface area contributed by atoms with Crippen LogP contribution in [0, 0.1) is 0 Å². The van der Waals surface area contributed by atoms with Gasteiger partial charge in [0.05, 0.1) is 40.5 Å². The van der Waals surface area contributed by atoms with Crippen molar-refractivity contribution in [3.05, 3.63) is 47.0 Å². The quantitative estimate of drug-likeness (QED) is 0.729. The van der Waals surface area contributed by atoms with Crippen molar-refractivity contribution in [2.24, 2.45) is 0 Å². The molecule has 3 heterocycles. The molecule has 0 unspecified atom stereocenters. The second kappa shape index (κ2) is 3.36. The lowest BCUT2D eigenvalue weighted by Crippen LogP contribution is -2.44. The fraction of sp³-hybridized carbons (Fsp3) is 0.231. The smallest absolute Gasteiger partial charge is 0.258 e. The Bertz CT molecular complexity index is 664. The number of halogens is 1. The Morgan fingerprint density at radius 1 is 1.39 bits per heavy atom. The molecule has 2 aromatic rings. The molecule has 0 N–H and O–H groups in total. The summed E-state index contributed by atoms with van der Waals surface area (Å²) >= 11 is 6.20. The third-order valence-corrected chi connectivity index (χ3v) is 4.07. The Labute approximate surface area is 109 Å². The molecule has 0 bridgehead atoms. The van der Waals surface area contributed by atoms with Gasteiger partial charge in [-0.1, -0.05) is 17.7 Å². The number of nitrogens with zero attached hydrogens (tertiary/aromatic N) is 3. The van der Waals surface area contributed by atoms with E-state index in [1.807, 2.05) is 27.8 Å². The predicted molar refractivity (Wildman–Crippen MR) is 67.0 cm³/mol. The first-order valence-corrected chi connectivity index (χ1v) is 6.27. The zero-order valence-corrected chi connectivity index (χ0v) is 10.3. The summed E-state index contributed by atoms with van der Waals surface area (Å²) in [4.78, 5) is 18.6. The van der Waals surface area contributed by atoms with E-state index in [0.29, 0.717) is 10.6 Å². The van der Waals surface area contributed by atoms with Crippen LogP contribution in [0.1, 0.15) is 28.5 Å². The van der Waals surface area contributed by atoms with Crippen molar-refractivity contribution in [3.8, 4) is 5.69 Å². The van der Waals surface area contributed by atoms with E-state index in [2.05, 4.69) is 4.98 Å². The van der Waals surface area contributed by atoms with Gasteiger partial charge in [0.15, 0.2) is 0 Å². The van der Waals surface area contributed by atoms with Crippen molar-refractivity contribution in [2.75, 3.05) is 6.54 Å². The molecule has 1 amide bonds. The van der Waals surface area contributed by atoms with Gasteiger partial charge < -0.3 is 9.47 Å². The highest BCUT2D eigenvalue weighted by atomic mass is 35.5. The van der Waals surface area contributed by atoms with Crippen LogP contribution in [0.2, 0.25) is 5.02 Å². The summed E-state index contributed by atoms with van der Waals surface area (Å²) in [5.41, 5.74) is 2.48. The van der Waals surface area contributed by atoms with E-state index in [1.165, 1.54) is 0 Å². The largest absolute Gasteiger partial charge is 0.330 e. The van der Waals surface area contributed by atoms with Crippen molar-refractivity contribution in [3.63, 3.8) is 0 Å². The third-order valence-electron chi connectivity index (χ3n) is 3.75. The van der Waals surface area contributed by atoms with E-state index in [0.717, 1.165) is 24.3 Å². The summed E-state index contributed by atoms with van der Waals surface area (Å²) in [5.74, 6) is 0.0237. The van der Waals surface area contributed by atoms with E-state index in [4.69, 9.17) is 11.6 Å². The number of hydrogen-bond donors (Lipinski definition) is 0. The highest BCUT2D eigenvalue weighted by Crippen LogP contribution is 2.40. The first kappa shape index (κ1) is 10.1. The van der Waals surface area contributed by atoms with Gasteiger partial charge in [-0.2, -0.15) is 0 Å². The molecule has 0 spiro atoms. The number of carbonyl (C=O) groups is 1. The lowest BCUT2D eigenvalue weighted by atomic mass is 10.00. The van der Waals surface area contributed by atoms with Gasteiger partial charge in [-0.15, -0.1) is 0 Å². The molecule has 2 aliphatic rings. The minimum absolute atomic E-state index is 0.0237. The van der Waals surface area contributed by atoms with Crippen LogP contribution in [0.5, 0.6) is 0 Å². The fourth-order valence-corrected chi connectivity index (χ4v) is 3.01. The molecule has 0 saturated carbocycles. The van der Waals surface area contributed by atoms with Crippen LogP contribution in [0.25, 0.3) is 5.69 Å². The van der Waals surface area contributed by atoms with Crippen LogP contribution in [0.15, 0.2) is 30.7 Å². The average molecular weight is 260 g/mol. The molecule has 1 aromatic heterocycles. The summed E-state index contributed by atoms with van der Waals surface area (Å²) in [7, 11) is 0. The molecular weight excluding hydrogens is 250 g/mol. The van der Waals surface area contributed by atoms with E-state index in [9.17, 15) is 4.79 Å². The molecule has 90 valence electrons. The van der Waals surface area contributed by atoms with Crippen LogP contribution in [-0.2, 0) is 0 Å². The van der Waals surface area contributed by atoms with Crippen LogP contribution in [0.3, 0.4) is 0 Å². The van der Waals surface area contributed by atoms with Crippen molar-refractivity contribution in [1.82, 2.24) is 14.5 Å². The molecule has 5 heteroatoms. The first-order valence-electron chi connectivity index (χ1n) is 5.89. The van der Waals surface area contributed by atoms with E-state index in [-0.39, 0.29) is 11.9 Å². The number of benzene rings is 1. The molecule has 4 nitrogen and oxygen atoms in total. The molecular formula is C13H10ClN3O. The summed E-state index contributed by atoms with van der Waals surface area (Å²) in [6, 6.07) is 5.68. The second-order valence-corrected chi connectivity index (χ2v) is 5.03. The van der Waals surface area contributed by atoms with Gasteiger partial charge in [0, 0.05) is 6.54 Å².